The van der Waals surface area contributed by atoms with Gasteiger partial charge in [0.1, 0.15) is 23.3 Å². The van der Waals surface area contributed by atoms with Gasteiger partial charge in [-0.3, -0.25) is 4.98 Å². The van der Waals surface area contributed by atoms with Gasteiger partial charge in [-0.15, -0.1) is 0 Å². The molecular weight excluding hydrogens is 305 g/mol. The van der Waals surface area contributed by atoms with Crippen molar-refractivity contribution in [1.29, 1.82) is 0 Å². The summed E-state index contributed by atoms with van der Waals surface area (Å²) in [6, 6.07) is 12.4. The molecule has 3 rings (SSSR count). The lowest BCUT2D eigenvalue weighted by atomic mass is 10.2. The summed E-state index contributed by atoms with van der Waals surface area (Å²) >= 11 is 0. The second kappa shape index (κ2) is 7.50. The maximum Gasteiger partial charge on any atom is 0.132 e. The van der Waals surface area contributed by atoms with Gasteiger partial charge in [0.15, 0.2) is 0 Å². The van der Waals surface area contributed by atoms with E-state index < -0.39 is 0 Å². The van der Waals surface area contributed by atoms with E-state index in [9.17, 15) is 4.39 Å². The number of rotatable bonds is 6. The number of hydrogen-bond acceptors (Lipinski definition) is 5. The third kappa shape index (κ3) is 4.25. The standard InChI is InChI=1S/C18H18FN5/c1-13-23-17(21-11-14-6-8-20-9-7-14)10-18(24-13)22-12-15-4-2-3-5-16(15)19/h2-10H,11-12H2,1H3,(H2,21,22,23,24). The van der Waals surface area contributed by atoms with Crippen molar-refractivity contribution in [3.63, 3.8) is 0 Å². The van der Waals surface area contributed by atoms with Crippen molar-refractivity contribution in [3.05, 3.63) is 77.6 Å². The van der Waals surface area contributed by atoms with Gasteiger partial charge >= 0.3 is 0 Å². The highest BCUT2D eigenvalue weighted by atomic mass is 19.1. The molecule has 0 amide bonds. The predicted molar refractivity (Wildman–Crippen MR) is 92.1 cm³/mol. The van der Waals surface area contributed by atoms with Crippen molar-refractivity contribution in [2.45, 2.75) is 20.0 Å². The molecule has 0 radical (unpaired) electrons. The van der Waals surface area contributed by atoms with Gasteiger partial charge in [-0.05, 0) is 30.7 Å². The first-order chi connectivity index (χ1) is 11.7. The molecule has 0 aliphatic rings. The molecule has 5 nitrogen and oxygen atoms in total. The molecule has 0 unspecified atom stereocenters. The molecule has 0 atom stereocenters. The van der Waals surface area contributed by atoms with Crippen molar-refractivity contribution >= 4 is 11.6 Å². The Kier molecular flexibility index (Phi) is 4.96. The Morgan fingerprint density at radius 1 is 0.917 bits per heavy atom. The highest BCUT2D eigenvalue weighted by Gasteiger charge is 2.04. The maximum absolute atomic E-state index is 13.7. The monoisotopic (exact) mass is 323 g/mol. The van der Waals surface area contributed by atoms with Crippen LogP contribution in [0.25, 0.3) is 0 Å². The van der Waals surface area contributed by atoms with Crippen LogP contribution in [0.3, 0.4) is 0 Å². The number of hydrogen-bond donors (Lipinski definition) is 2. The predicted octanol–water partition coefficient (Wildman–Crippen LogP) is 3.54. The van der Waals surface area contributed by atoms with E-state index in [0.717, 1.165) is 11.4 Å². The molecule has 0 bridgehead atoms. The van der Waals surface area contributed by atoms with Gasteiger partial charge in [-0.1, -0.05) is 18.2 Å². The largest absolute Gasteiger partial charge is 0.366 e. The van der Waals surface area contributed by atoms with Crippen LogP contribution in [0.15, 0.2) is 54.9 Å². The third-order valence-corrected chi connectivity index (χ3v) is 3.48. The fourth-order valence-corrected chi connectivity index (χ4v) is 2.27. The Labute approximate surface area is 140 Å². The summed E-state index contributed by atoms with van der Waals surface area (Å²) in [5.41, 5.74) is 1.71. The lowest BCUT2D eigenvalue weighted by Gasteiger charge is -2.10. The average Bonchev–Trinajstić information content (AvgIpc) is 2.60. The van der Waals surface area contributed by atoms with Gasteiger partial charge in [-0.25, -0.2) is 14.4 Å². The number of halogens is 1. The van der Waals surface area contributed by atoms with Gasteiger partial charge in [0, 0.05) is 37.1 Å². The molecule has 6 heteroatoms. The Balaban J connectivity index is 1.66. The molecule has 0 saturated heterocycles. The minimum absolute atomic E-state index is 0.230. The first kappa shape index (κ1) is 15.9. The highest BCUT2D eigenvalue weighted by Crippen LogP contribution is 2.14. The molecule has 0 saturated carbocycles. The van der Waals surface area contributed by atoms with E-state index in [0.29, 0.717) is 30.3 Å². The van der Waals surface area contributed by atoms with Crippen molar-refractivity contribution in [1.82, 2.24) is 15.0 Å². The Hall–Kier alpha value is -3.02. The lowest BCUT2D eigenvalue weighted by molar-refractivity contribution is 0.613. The van der Waals surface area contributed by atoms with Crippen molar-refractivity contribution < 1.29 is 4.39 Å². The topological polar surface area (TPSA) is 62.7 Å². The zero-order valence-corrected chi connectivity index (χ0v) is 13.3. The van der Waals surface area contributed by atoms with E-state index >= 15 is 0 Å². The van der Waals surface area contributed by atoms with E-state index in [1.54, 1.807) is 24.5 Å². The second-order valence-corrected chi connectivity index (χ2v) is 5.34. The summed E-state index contributed by atoms with van der Waals surface area (Å²) in [4.78, 5) is 12.7. The van der Waals surface area contributed by atoms with Crippen molar-refractivity contribution in [2.24, 2.45) is 0 Å². The van der Waals surface area contributed by atoms with Crippen LogP contribution < -0.4 is 10.6 Å². The number of anilines is 2. The Morgan fingerprint density at radius 3 is 2.29 bits per heavy atom. The third-order valence-electron chi connectivity index (χ3n) is 3.48. The quantitative estimate of drug-likeness (QED) is 0.726. The fraction of sp³-hybridized carbons (Fsp3) is 0.167. The highest BCUT2D eigenvalue weighted by molar-refractivity contribution is 5.48. The fourth-order valence-electron chi connectivity index (χ4n) is 2.27. The van der Waals surface area contributed by atoms with E-state index in [4.69, 9.17) is 0 Å². The molecular formula is C18H18FN5. The number of aryl methyl sites for hydroxylation is 1. The first-order valence-corrected chi connectivity index (χ1v) is 7.66. The van der Waals surface area contributed by atoms with Gasteiger partial charge in [0.05, 0.1) is 0 Å². The van der Waals surface area contributed by atoms with Crippen LogP contribution in [-0.2, 0) is 13.1 Å². The van der Waals surface area contributed by atoms with E-state index in [1.807, 2.05) is 31.2 Å². The van der Waals surface area contributed by atoms with Crippen molar-refractivity contribution in [3.8, 4) is 0 Å². The number of pyridine rings is 1. The molecule has 0 spiro atoms. The summed E-state index contributed by atoms with van der Waals surface area (Å²) in [6.07, 6.45) is 3.51. The van der Waals surface area contributed by atoms with Crippen LogP contribution in [-0.4, -0.2) is 15.0 Å². The molecule has 0 aliphatic carbocycles. The average molecular weight is 323 g/mol. The molecule has 0 aliphatic heterocycles. The number of aromatic nitrogens is 3. The van der Waals surface area contributed by atoms with Crippen LogP contribution in [0.2, 0.25) is 0 Å². The van der Waals surface area contributed by atoms with Crippen LogP contribution in [0.1, 0.15) is 17.0 Å². The van der Waals surface area contributed by atoms with E-state index in [1.165, 1.54) is 6.07 Å². The van der Waals surface area contributed by atoms with Crippen LogP contribution >= 0.6 is 0 Å². The van der Waals surface area contributed by atoms with Crippen molar-refractivity contribution in [2.75, 3.05) is 10.6 Å². The molecule has 0 fully saturated rings. The van der Waals surface area contributed by atoms with Crippen LogP contribution in [0.5, 0.6) is 0 Å². The molecule has 2 heterocycles. The zero-order valence-electron chi connectivity index (χ0n) is 13.3. The van der Waals surface area contributed by atoms with Gasteiger partial charge in [0.25, 0.3) is 0 Å². The number of nitrogens with zero attached hydrogens (tertiary/aromatic N) is 3. The minimum atomic E-state index is -0.230. The Bertz CT molecular complexity index is 808. The number of benzene rings is 1. The maximum atomic E-state index is 13.7. The summed E-state index contributed by atoms with van der Waals surface area (Å²) in [7, 11) is 0. The summed E-state index contributed by atoms with van der Waals surface area (Å²) in [5.74, 6) is 1.79. The van der Waals surface area contributed by atoms with Crippen LogP contribution in [0.4, 0.5) is 16.0 Å². The Morgan fingerprint density at radius 2 is 1.58 bits per heavy atom. The van der Waals surface area contributed by atoms with Gasteiger partial charge < -0.3 is 10.6 Å². The normalized spacial score (nSPS) is 10.4. The summed E-state index contributed by atoms with van der Waals surface area (Å²) in [5, 5.41) is 6.40. The van der Waals surface area contributed by atoms with Gasteiger partial charge in [0.2, 0.25) is 0 Å². The zero-order chi connectivity index (χ0) is 16.8. The smallest absolute Gasteiger partial charge is 0.132 e. The summed E-state index contributed by atoms with van der Waals surface area (Å²) in [6.45, 7) is 2.84. The summed E-state index contributed by atoms with van der Waals surface area (Å²) < 4.78 is 13.7. The first-order valence-electron chi connectivity index (χ1n) is 7.66. The van der Waals surface area contributed by atoms with E-state index in [2.05, 4.69) is 25.6 Å². The molecule has 3 aromatic rings. The van der Waals surface area contributed by atoms with E-state index in [-0.39, 0.29) is 5.82 Å². The minimum Gasteiger partial charge on any atom is -0.366 e. The van der Waals surface area contributed by atoms with Crippen LogP contribution in [0, 0.1) is 12.7 Å². The number of nitrogens with one attached hydrogen (secondary N) is 2. The van der Waals surface area contributed by atoms with Gasteiger partial charge in [-0.2, -0.15) is 0 Å². The molecule has 2 N–H and O–H groups in total. The second-order valence-electron chi connectivity index (χ2n) is 5.34. The molecule has 24 heavy (non-hydrogen) atoms. The SMILES string of the molecule is Cc1nc(NCc2ccncc2)cc(NCc2ccccc2F)n1. The molecule has 2 aromatic heterocycles. The lowest BCUT2D eigenvalue weighted by Crippen LogP contribution is -2.07. The molecule has 1 aromatic carbocycles. The molecule has 122 valence electrons.